The normalized spacial score (nSPS) is 15.5. The van der Waals surface area contributed by atoms with E-state index in [1.54, 1.807) is 11.1 Å². The Morgan fingerprint density at radius 1 is 1.21 bits per heavy atom. The van der Waals surface area contributed by atoms with Crippen molar-refractivity contribution < 1.29 is 0 Å². The van der Waals surface area contributed by atoms with Crippen LogP contribution in [0.25, 0.3) is 0 Å². The molecule has 0 spiro atoms. The minimum absolute atomic E-state index is 0.424. The summed E-state index contributed by atoms with van der Waals surface area (Å²) in [5.41, 5.74) is 5.96. The van der Waals surface area contributed by atoms with Gasteiger partial charge in [-0.2, -0.15) is 0 Å². The number of aryl methyl sites for hydroxylation is 3. The van der Waals surface area contributed by atoms with Crippen LogP contribution in [0.2, 0.25) is 0 Å². The van der Waals surface area contributed by atoms with Crippen LogP contribution >= 0.6 is 11.3 Å². The third-order valence-electron chi connectivity index (χ3n) is 4.16. The zero-order chi connectivity index (χ0) is 13.2. The van der Waals surface area contributed by atoms with Gasteiger partial charge in [0.25, 0.3) is 0 Å². The number of hydrogen-bond acceptors (Lipinski definition) is 2. The van der Waals surface area contributed by atoms with Crippen LogP contribution in [-0.2, 0) is 19.4 Å². The minimum Gasteiger partial charge on any atom is -0.305 e. The average molecular weight is 271 g/mol. The lowest BCUT2D eigenvalue weighted by atomic mass is 10.0. The van der Waals surface area contributed by atoms with Crippen molar-refractivity contribution in [2.45, 2.75) is 45.7 Å². The zero-order valence-electron chi connectivity index (χ0n) is 11.7. The van der Waals surface area contributed by atoms with E-state index in [0.29, 0.717) is 6.04 Å². The summed E-state index contributed by atoms with van der Waals surface area (Å²) in [6.45, 7) is 5.43. The van der Waals surface area contributed by atoms with E-state index < -0.39 is 0 Å². The summed E-state index contributed by atoms with van der Waals surface area (Å²) in [7, 11) is 0. The van der Waals surface area contributed by atoms with Crippen LogP contribution in [0.3, 0.4) is 0 Å². The van der Waals surface area contributed by atoms with Gasteiger partial charge in [0, 0.05) is 17.5 Å². The van der Waals surface area contributed by atoms with Crippen molar-refractivity contribution in [2.75, 3.05) is 0 Å². The second kappa shape index (κ2) is 5.48. The monoisotopic (exact) mass is 271 g/mol. The maximum absolute atomic E-state index is 3.64. The number of thiophene rings is 1. The van der Waals surface area contributed by atoms with Gasteiger partial charge in [-0.3, -0.25) is 0 Å². The molecule has 1 heterocycles. The number of fused-ring (bicyclic) bond motifs is 1. The first-order valence-electron chi connectivity index (χ1n) is 7.12. The molecule has 1 aromatic carbocycles. The fourth-order valence-corrected chi connectivity index (χ4v) is 3.67. The van der Waals surface area contributed by atoms with Gasteiger partial charge in [0.15, 0.2) is 0 Å². The zero-order valence-corrected chi connectivity index (χ0v) is 12.5. The van der Waals surface area contributed by atoms with Gasteiger partial charge < -0.3 is 5.32 Å². The van der Waals surface area contributed by atoms with E-state index in [1.807, 2.05) is 11.3 Å². The Labute approximate surface area is 119 Å². The van der Waals surface area contributed by atoms with Crippen molar-refractivity contribution >= 4 is 11.3 Å². The maximum Gasteiger partial charge on any atom is 0.0308 e. The molecule has 0 aliphatic heterocycles. The molecule has 1 unspecified atom stereocenters. The lowest BCUT2D eigenvalue weighted by Crippen LogP contribution is -2.18. The Kier molecular flexibility index (Phi) is 3.72. The smallest absolute Gasteiger partial charge is 0.0308 e. The highest BCUT2D eigenvalue weighted by molar-refractivity contribution is 7.10. The molecule has 1 aliphatic rings. The topological polar surface area (TPSA) is 12.0 Å². The molecule has 0 saturated heterocycles. The molecule has 1 N–H and O–H groups in total. The van der Waals surface area contributed by atoms with Crippen molar-refractivity contribution in [1.82, 2.24) is 5.32 Å². The lowest BCUT2D eigenvalue weighted by Gasteiger charge is -2.15. The van der Waals surface area contributed by atoms with Crippen LogP contribution in [0.4, 0.5) is 0 Å². The fourth-order valence-electron chi connectivity index (χ4n) is 2.81. The van der Waals surface area contributed by atoms with E-state index in [0.717, 1.165) is 6.54 Å². The van der Waals surface area contributed by atoms with Gasteiger partial charge in [-0.1, -0.05) is 18.2 Å². The number of rotatable bonds is 4. The predicted octanol–water partition coefficient (Wildman–Crippen LogP) is 4.40. The number of nitrogens with one attached hydrogen (secondary N) is 1. The minimum atomic E-state index is 0.424. The predicted molar refractivity (Wildman–Crippen MR) is 82.8 cm³/mol. The molecule has 0 amide bonds. The maximum atomic E-state index is 3.64. The molecule has 0 bridgehead atoms. The Bertz CT molecular complexity index is 570. The SMILES string of the molecule is Cc1ccsc1CNC(C)c1ccc2c(c1)CCC2. The summed E-state index contributed by atoms with van der Waals surface area (Å²) >= 11 is 1.84. The van der Waals surface area contributed by atoms with Gasteiger partial charge in [-0.25, -0.2) is 0 Å². The van der Waals surface area contributed by atoms with Crippen LogP contribution in [0, 0.1) is 6.92 Å². The third kappa shape index (κ3) is 2.75. The molecular formula is C17H21NS. The first kappa shape index (κ1) is 12.9. The molecule has 1 atom stereocenters. The molecule has 1 aliphatic carbocycles. The molecular weight excluding hydrogens is 250 g/mol. The van der Waals surface area contributed by atoms with E-state index in [1.165, 1.54) is 35.3 Å². The molecule has 0 saturated carbocycles. The summed E-state index contributed by atoms with van der Waals surface area (Å²) < 4.78 is 0. The second-order valence-corrected chi connectivity index (χ2v) is 6.51. The van der Waals surface area contributed by atoms with Crippen LogP contribution in [-0.4, -0.2) is 0 Å². The summed E-state index contributed by atoms with van der Waals surface area (Å²) in [4.78, 5) is 1.45. The van der Waals surface area contributed by atoms with Crippen molar-refractivity contribution in [1.29, 1.82) is 0 Å². The Balaban J connectivity index is 1.67. The molecule has 19 heavy (non-hydrogen) atoms. The van der Waals surface area contributed by atoms with Gasteiger partial charge in [-0.05, 0) is 66.8 Å². The Morgan fingerprint density at radius 3 is 2.84 bits per heavy atom. The first-order chi connectivity index (χ1) is 9.24. The van der Waals surface area contributed by atoms with Crippen LogP contribution < -0.4 is 5.32 Å². The summed E-state index contributed by atoms with van der Waals surface area (Å²) in [5.74, 6) is 0. The molecule has 3 rings (SSSR count). The lowest BCUT2D eigenvalue weighted by molar-refractivity contribution is 0.577. The van der Waals surface area contributed by atoms with Gasteiger partial charge in [0.05, 0.1) is 0 Å². The quantitative estimate of drug-likeness (QED) is 0.869. The van der Waals surface area contributed by atoms with Crippen LogP contribution in [0.5, 0.6) is 0 Å². The Morgan fingerprint density at radius 2 is 2.05 bits per heavy atom. The van der Waals surface area contributed by atoms with Gasteiger partial charge in [0.1, 0.15) is 0 Å². The molecule has 0 fully saturated rings. The van der Waals surface area contributed by atoms with E-state index in [4.69, 9.17) is 0 Å². The van der Waals surface area contributed by atoms with E-state index in [2.05, 4.69) is 48.8 Å². The number of hydrogen-bond donors (Lipinski definition) is 1. The third-order valence-corrected chi connectivity index (χ3v) is 5.18. The molecule has 1 nitrogen and oxygen atoms in total. The summed E-state index contributed by atoms with van der Waals surface area (Å²) in [5, 5.41) is 5.82. The highest BCUT2D eigenvalue weighted by Crippen LogP contribution is 2.25. The Hall–Kier alpha value is -1.12. The van der Waals surface area contributed by atoms with Gasteiger partial charge >= 0.3 is 0 Å². The van der Waals surface area contributed by atoms with E-state index in [-0.39, 0.29) is 0 Å². The molecule has 100 valence electrons. The van der Waals surface area contributed by atoms with Crippen molar-refractivity contribution in [3.63, 3.8) is 0 Å². The van der Waals surface area contributed by atoms with Crippen molar-refractivity contribution in [3.8, 4) is 0 Å². The largest absolute Gasteiger partial charge is 0.305 e. The van der Waals surface area contributed by atoms with E-state index >= 15 is 0 Å². The highest BCUT2D eigenvalue weighted by atomic mass is 32.1. The standard InChI is InChI=1S/C17H21NS/c1-12-8-9-19-17(12)11-18-13(2)15-7-6-14-4-3-5-16(14)10-15/h6-10,13,18H,3-5,11H2,1-2H3. The van der Waals surface area contributed by atoms with Gasteiger partial charge in [0.2, 0.25) is 0 Å². The first-order valence-corrected chi connectivity index (χ1v) is 8.00. The second-order valence-electron chi connectivity index (χ2n) is 5.51. The molecule has 0 radical (unpaired) electrons. The summed E-state index contributed by atoms with van der Waals surface area (Å²) in [6, 6.07) is 9.64. The van der Waals surface area contributed by atoms with E-state index in [9.17, 15) is 0 Å². The highest BCUT2D eigenvalue weighted by Gasteiger charge is 2.13. The number of benzene rings is 1. The summed E-state index contributed by atoms with van der Waals surface area (Å²) in [6.07, 6.45) is 3.86. The molecule has 2 heteroatoms. The van der Waals surface area contributed by atoms with Crippen molar-refractivity contribution in [3.05, 3.63) is 56.8 Å². The fraction of sp³-hybridized carbons (Fsp3) is 0.412. The van der Waals surface area contributed by atoms with Gasteiger partial charge in [-0.15, -0.1) is 11.3 Å². The molecule has 1 aromatic heterocycles. The molecule has 2 aromatic rings. The average Bonchev–Trinajstić information content (AvgIpc) is 3.03. The van der Waals surface area contributed by atoms with Crippen LogP contribution in [0.15, 0.2) is 29.6 Å². The van der Waals surface area contributed by atoms with Crippen LogP contribution in [0.1, 0.15) is 46.5 Å². The van der Waals surface area contributed by atoms with Crippen molar-refractivity contribution in [2.24, 2.45) is 0 Å².